The largest absolute Gasteiger partial charge is 0.484 e. The lowest BCUT2D eigenvalue weighted by Crippen LogP contribution is -2.16. The van der Waals surface area contributed by atoms with E-state index in [9.17, 15) is 18.0 Å². The number of thiophene rings is 1. The molecule has 24 heavy (non-hydrogen) atoms. The van der Waals surface area contributed by atoms with E-state index in [4.69, 9.17) is 0 Å². The summed E-state index contributed by atoms with van der Waals surface area (Å²) in [5.41, 5.74) is 0.675. The second-order valence-electron chi connectivity index (χ2n) is 4.84. The first-order chi connectivity index (χ1) is 11.2. The summed E-state index contributed by atoms with van der Waals surface area (Å²) in [6.07, 6.45) is 0.445. The Bertz CT molecular complexity index is 657. The van der Waals surface area contributed by atoms with Crippen molar-refractivity contribution in [3.05, 3.63) is 52.6 Å². The molecule has 3 nitrogen and oxygen atoms in total. The summed E-state index contributed by atoms with van der Waals surface area (Å²) in [6, 6.07) is 1.80. The maximum Gasteiger partial charge on any atom is 0.422 e. The molecule has 132 valence electrons. The van der Waals surface area contributed by atoms with E-state index in [-0.39, 0.29) is 17.1 Å². The fraction of sp³-hybridized carbons (Fsp3) is 0.353. The number of ether oxygens (including phenoxy) is 1. The van der Waals surface area contributed by atoms with Gasteiger partial charge in [-0.25, -0.2) is 0 Å². The van der Waals surface area contributed by atoms with E-state index < -0.39 is 12.8 Å². The predicted molar refractivity (Wildman–Crippen MR) is 91.6 cm³/mol. The maximum absolute atomic E-state index is 12.4. The van der Waals surface area contributed by atoms with E-state index in [1.165, 1.54) is 29.6 Å². The Kier molecular flexibility index (Phi) is 7.28. The number of Topliss-reactive ketones (excluding diaryl/α,β-unsaturated/α-hetero) is 1. The molecular formula is C17H20F3NO2S. The number of hydrogen-bond donors (Lipinski definition) is 1. The average Bonchev–Trinajstić information content (AvgIpc) is 2.96. The lowest BCUT2D eigenvalue weighted by molar-refractivity contribution is -0.163. The monoisotopic (exact) mass is 359 g/mol. The van der Waals surface area contributed by atoms with Gasteiger partial charge < -0.3 is 10.1 Å². The van der Waals surface area contributed by atoms with Crippen molar-refractivity contribution >= 4 is 22.1 Å². The molecule has 0 saturated carbocycles. The normalized spacial score (nSPS) is 12.5. The van der Waals surface area contributed by atoms with Crippen molar-refractivity contribution in [1.82, 2.24) is 0 Å². The minimum absolute atomic E-state index is 0.0229. The summed E-state index contributed by atoms with van der Waals surface area (Å²) in [6.45, 7) is 5.85. The van der Waals surface area contributed by atoms with Gasteiger partial charge in [-0.15, -0.1) is 11.3 Å². The van der Waals surface area contributed by atoms with Crippen LogP contribution in [0, 0.1) is 0 Å². The molecule has 0 spiro atoms. The zero-order chi connectivity index (χ0) is 18.3. The highest BCUT2D eigenvalue weighted by atomic mass is 32.1. The molecule has 0 saturated heterocycles. The van der Waals surface area contributed by atoms with Crippen LogP contribution in [0.1, 0.15) is 29.1 Å². The van der Waals surface area contributed by atoms with Crippen LogP contribution >= 0.6 is 11.3 Å². The minimum Gasteiger partial charge on any atom is -0.484 e. The first-order valence-electron chi connectivity index (χ1n) is 7.29. The molecular weight excluding hydrogens is 339 g/mol. The van der Waals surface area contributed by atoms with Crippen molar-refractivity contribution in [3.8, 4) is 0 Å². The number of carbonyl (C=O) groups excluding carboxylic acids is 1. The summed E-state index contributed by atoms with van der Waals surface area (Å²) in [5.74, 6) is -0.257. The molecule has 0 atom stereocenters. The van der Waals surface area contributed by atoms with E-state index >= 15 is 0 Å². The van der Waals surface area contributed by atoms with Gasteiger partial charge in [0.05, 0.1) is 10.6 Å². The van der Waals surface area contributed by atoms with Crippen molar-refractivity contribution in [2.75, 3.05) is 19.0 Å². The minimum atomic E-state index is -4.41. The van der Waals surface area contributed by atoms with Gasteiger partial charge in [0.15, 0.2) is 12.4 Å². The molecule has 0 aromatic carbocycles. The van der Waals surface area contributed by atoms with Crippen LogP contribution in [0.2, 0.25) is 0 Å². The molecule has 0 amide bonds. The number of hydrogen-bond acceptors (Lipinski definition) is 4. The van der Waals surface area contributed by atoms with E-state index in [1.54, 1.807) is 20.0 Å². The number of ketones is 1. The fourth-order valence-corrected chi connectivity index (χ4v) is 2.74. The van der Waals surface area contributed by atoms with E-state index in [0.717, 1.165) is 16.3 Å². The summed E-state index contributed by atoms with van der Waals surface area (Å²) in [7, 11) is 1.73. The van der Waals surface area contributed by atoms with Gasteiger partial charge in [-0.3, -0.25) is 4.79 Å². The van der Waals surface area contributed by atoms with Gasteiger partial charge >= 0.3 is 6.18 Å². The van der Waals surface area contributed by atoms with Crippen molar-refractivity contribution < 1.29 is 22.7 Å². The third-order valence-electron chi connectivity index (χ3n) is 3.03. The second-order valence-corrected chi connectivity index (χ2v) is 5.98. The van der Waals surface area contributed by atoms with Crippen molar-refractivity contribution in [2.45, 2.75) is 26.4 Å². The Hall–Kier alpha value is -2.02. The zero-order valence-electron chi connectivity index (χ0n) is 13.8. The summed E-state index contributed by atoms with van der Waals surface area (Å²) >= 11 is 1.49. The number of allylic oxidation sites excluding steroid dienone is 4. The smallest absolute Gasteiger partial charge is 0.422 e. The number of aryl methyl sites for hydroxylation is 1. The predicted octanol–water partition coefficient (Wildman–Crippen LogP) is 5.13. The highest BCUT2D eigenvalue weighted by Gasteiger charge is 2.28. The lowest BCUT2D eigenvalue weighted by atomic mass is 10.1. The zero-order valence-corrected chi connectivity index (χ0v) is 14.6. The molecule has 1 N–H and O–H groups in total. The van der Waals surface area contributed by atoms with Crippen LogP contribution in [-0.4, -0.2) is 25.6 Å². The Morgan fingerprint density at radius 3 is 2.58 bits per heavy atom. The molecule has 1 rings (SSSR count). The maximum atomic E-state index is 12.4. The number of rotatable bonds is 8. The van der Waals surface area contributed by atoms with Crippen LogP contribution in [0.3, 0.4) is 0 Å². The highest BCUT2D eigenvalue weighted by molar-refractivity contribution is 7.16. The average molecular weight is 359 g/mol. The van der Waals surface area contributed by atoms with Crippen LogP contribution in [-0.2, 0) is 11.2 Å². The molecule has 1 aromatic heterocycles. The third kappa shape index (κ3) is 5.88. The van der Waals surface area contributed by atoms with Crippen LogP contribution in [0.25, 0.3) is 0 Å². The van der Waals surface area contributed by atoms with Crippen molar-refractivity contribution in [1.29, 1.82) is 0 Å². The fourth-order valence-electron chi connectivity index (χ4n) is 1.79. The number of nitrogens with one attached hydrogen (secondary N) is 1. The van der Waals surface area contributed by atoms with Gasteiger partial charge in [-0.1, -0.05) is 13.5 Å². The molecule has 0 aliphatic rings. The summed E-state index contributed by atoms with van der Waals surface area (Å²) in [4.78, 5) is 13.5. The van der Waals surface area contributed by atoms with Crippen LogP contribution in [0.4, 0.5) is 18.2 Å². The molecule has 0 aliphatic heterocycles. The molecule has 7 heteroatoms. The standard InChI is InChI=1S/C17H20F3NO2S/c1-5-12(23-10-17(18,19)20)8-7-11(3)15(22)14-9-13(6-2)24-16(14)21-4/h5,7-9,21H,3,6,10H2,1-2,4H3/b8-7-,12-5+. The Morgan fingerprint density at radius 2 is 2.08 bits per heavy atom. The van der Waals surface area contributed by atoms with Crippen molar-refractivity contribution in [2.24, 2.45) is 0 Å². The number of carbonyl (C=O) groups is 1. The molecule has 0 bridgehead atoms. The Labute approximate surface area is 143 Å². The van der Waals surface area contributed by atoms with Crippen molar-refractivity contribution in [3.63, 3.8) is 0 Å². The van der Waals surface area contributed by atoms with Gasteiger partial charge in [0.1, 0.15) is 5.76 Å². The van der Waals surface area contributed by atoms with Gasteiger partial charge in [0.2, 0.25) is 0 Å². The molecule has 1 aromatic rings. The lowest BCUT2D eigenvalue weighted by Gasteiger charge is -2.09. The molecule has 0 fully saturated rings. The van der Waals surface area contributed by atoms with E-state index in [2.05, 4.69) is 16.6 Å². The number of alkyl halides is 3. The quantitative estimate of drug-likeness (QED) is 0.303. The van der Waals surface area contributed by atoms with Gasteiger partial charge in [-0.2, -0.15) is 13.2 Å². The van der Waals surface area contributed by atoms with E-state index in [0.29, 0.717) is 5.56 Å². The van der Waals surface area contributed by atoms with Crippen LogP contribution in [0.15, 0.2) is 42.2 Å². The van der Waals surface area contributed by atoms with Crippen LogP contribution in [0.5, 0.6) is 0 Å². The third-order valence-corrected chi connectivity index (χ3v) is 4.33. The topological polar surface area (TPSA) is 38.3 Å². The first-order valence-corrected chi connectivity index (χ1v) is 8.11. The number of anilines is 1. The van der Waals surface area contributed by atoms with Gasteiger partial charge in [-0.05, 0) is 37.6 Å². The van der Waals surface area contributed by atoms with E-state index in [1.807, 2.05) is 6.92 Å². The Morgan fingerprint density at radius 1 is 1.42 bits per heavy atom. The molecule has 0 radical (unpaired) electrons. The molecule has 0 aliphatic carbocycles. The Balaban J connectivity index is 2.82. The van der Waals surface area contributed by atoms with Gasteiger partial charge in [0, 0.05) is 17.5 Å². The number of halogens is 3. The second kappa shape index (κ2) is 8.73. The highest BCUT2D eigenvalue weighted by Crippen LogP contribution is 2.30. The summed E-state index contributed by atoms with van der Waals surface area (Å²) in [5, 5.41) is 3.71. The molecule has 0 unspecified atom stereocenters. The SMILES string of the molecule is C=C(/C=C\C(=C/C)OCC(F)(F)F)C(=O)c1cc(CC)sc1NC. The van der Waals surface area contributed by atoms with Crippen LogP contribution < -0.4 is 5.32 Å². The summed E-state index contributed by atoms with van der Waals surface area (Å²) < 4.78 is 41.1. The molecule has 1 heterocycles. The first kappa shape index (κ1) is 20.0. The van der Waals surface area contributed by atoms with Gasteiger partial charge in [0.25, 0.3) is 0 Å².